The number of aliphatic imine (C=N–C) groups is 1. The normalized spacial score (nSPS) is 12.8. The topological polar surface area (TPSA) is 65.9 Å². The fourth-order valence-electron chi connectivity index (χ4n) is 2.74. The molecule has 0 saturated heterocycles. The molecule has 1 aromatic heterocycles. The third-order valence-electron chi connectivity index (χ3n) is 4.13. The number of ether oxygens (including phenoxy) is 1. The first-order valence-corrected chi connectivity index (χ1v) is 9.83. The van der Waals surface area contributed by atoms with Gasteiger partial charge in [0.1, 0.15) is 11.9 Å². The summed E-state index contributed by atoms with van der Waals surface area (Å²) in [6.07, 6.45) is -0.580. The van der Waals surface area contributed by atoms with Gasteiger partial charge in [-0.25, -0.2) is 4.99 Å². The number of fused-ring (bicyclic) bond motifs is 1. The first-order valence-electron chi connectivity index (χ1n) is 9.01. The van der Waals surface area contributed by atoms with E-state index < -0.39 is 6.10 Å². The number of guanidine groups is 1. The summed E-state index contributed by atoms with van der Waals surface area (Å²) in [6.45, 7) is 3.70. The lowest BCUT2D eigenvalue weighted by atomic mass is 10.2. The van der Waals surface area contributed by atoms with Crippen molar-refractivity contribution < 1.29 is 9.84 Å². The van der Waals surface area contributed by atoms with Crippen molar-refractivity contribution in [2.24, 2.45) is 4.99 Å². The summed E-state index contributed by atoms with van der Waals surface area (Å²) in [5.41, 5.74) is 1.07. The van der Waals surface area contributed by atoms with Crippen molar-refractivity contribution in [2.75, 3.05) is 20.2 Å². The van der Waals surface area contributed by atoms with E-state index in [2.05, 4.69) is 27.8 Å². The molecule has 0 spiro atoms. The van der Waals surface area contributed by atoms with Crippen LogP contribution in [0.1, 0.15) is 23.5 Å². The molecule has 0 fully saturated rings. The van der Waals surface area contributed by atoms with E-state index in [1.165, 1.54) is 4.70 Å². The fourth-order valence-corrected chi connectivity index (χ4v) is 3.79. The Labute approximate surface area is 163 Å². The van der Waals surface area contributed by atoms with E-state index in [9.17, 15) is 5.11 Å². The number of rotatable bonds is 7. The highest BCUT2D eigenvalue weighted by atomic mass is 32.1. The van der Waals surface area contributed by atoms with Gasteiger partial charge in [0, 0.05) is 22.7 Å². The fraction of sp³-hybridized carbons (Fsp3) is 0.286. The highest BCUT2D eigenvalue weighted by molar-refractivity contribution is 7.19. The zero-order valence-corrected chi connectivity index (χ0v) is 16.4. The summed E-state index contributed by atoms with van der Waals surface area (Å²) in [6, 6.07) is 18.1. The summed E-state index contributed by atoms with van der Waals surface area (Å²) >= 11 is 1.62. The molecule has 1 unspecified atom stereocenters. The zero-order valence-electron chi connectivity index (χ0n) is 15.6. The molecule has 0 amide bonds. The molecule has 0 radical (unpaired) electrons. The smallest absolute Gasteiger partial charge is 0.191 e. The number of nitrogens with one attached hydrogen (secondary N) is 2. The summed E-state index contributed by atoms with van der Waals surface area (Å²) in [5.74, 6) is 1.50. The molecular weight excluding hydrogens is 358 g/mol. The van der Waals surface area contributed by atoms with Crippen LogP contribution in [-0.2, 0) is 6.54 Å². The van der Waals surface area contributed by atoms with Gasteiger partial charge in [-0.2, -0.15) is 0 Å². The number of aliphatic hydroxyl groups excluding tert-OH is 1. The molecule has 27 heavy (non-hydrogen) atoms. The van der Waals surface area contributed by atoms with Crippen LogP contribution in [0.4, 0.5) is 0 Å². The molecule has 0 aliphatic heterocycles. The van der Waals surface area contributed by atoms with Crippen molar-refractivity contribution in [2.45, 2.75) is 19.6 Å². The van der Waals surface area contributed by atoms with Crippen molar-refractivity contribution in [3.05, 3.63) is 65.0 Å². The molecule has 1 atom stereocenters. The average molecular weight is 384 g/mol. The summed E-state index contributed by atoms with van der Waals surface area (Å²) in [4.78, 5) is 5.55. The van der Waals surface area contributed by atoms with Gasteiger partial charge >= 0.3 is 0 Å². The van der Waals surface area contributed by atoms with E-state index in [0.717, 1.165) is 28.1 Å². The van der Waals surface area contributed by atoms with Crippen LogP contribution in [0.3, 0.4) is 0 Å². The maximum absolute atomic E-state index is 10.5. The average Bonchev–Trinajstić information content (AvgIpc) is 3.14. The van der Waals surface area contributed by atoms with Crippen LogP contribution in [0.5, 0.6) is 5.75 Å². The van der Waals surface area contributed by atoms with Gasteiger partial charge in [-0.15, -0.1) is 11.3 Å². The number of methoxy groups -OCH3 is 1. The second-order valence-corrected chi connectivity index (χ2v) is 7.25. The Morgan fingerprint density at radius 3 is 2.78 bits per heavy atom. The van der Waals surface area contributed by atoms with Gasteiger partial charge in [-0.3, -0.25) is 0 Å². The largest absolute Gasteiger partial charge is 0.497 e. The van der Waals surface area contributed by atoms with Crippen molar-refractivity contribution >= 4 is 27.4 Å². The van der Waals surface area contributed by atoms with Crippen LogP contribution in [0.2, 0.25) is 0 Å². The molecule has 3 N–H and O–H groups in total. The van der Waals surface area contributed by atoms with Crippen LogP contribution >= 0.6 is 11.3 Å². The zero-order chi connectivity index (χ0) is 19.1. The molecule has 5 nitrogen and oxygen atoms in total. The van der Waals surface area contributed by atoms with Crippen LogP contribution < -0.4 is 15.4 Å². The minimum absolute atomic E-state index is 0.400. The minimum atomic E-state index is -0.580. The van der Waals surface area contributed by atoms with Crippen molar-refractivity contribution in [1.82, 2.24) is 10.6 Å². The van der Waals surface area contributed by atoms with E-state index in [4.69, 9.17) is 4.74 Å². The predicted molar refractivity (Wildman–Crippen MR) is 113 cm³/mol. The summed E-state index contributed by atoms with van der Waals surface area (Å²) < 4.78 is 6.44. The highest BCUT2D eigenvalue weighted by Gasteiger charge is 2.12. The van der Waals surface area contributed by atoms with Crippen LogP contribution in [0, 0.1) is 0 Å². The first kappa shape index (κ1) is 19.2. The quantitative estimate of drug-likeness (QED) is 0.430. The molecule has 3 aromatic rings. The lowest BCUT2D eigenvalue weighted by Crippen LogP contribution is -2.39. The van der Waals surface area contributed by atoms with Gasteiger partial charge in [-0.05, 0) is 42.1 Å². The molecule has 142 valence electrons. The Morgan fingerprint density at radius 1 is 1.15 bits per heavy atom. The third kappa shape index (κ3) is 5.21. The predicted octanol–water partition coefficient (Wildman–Crippen LogP) is 3.70. The third-order valence-corrected chi connectivity index (χ3v) is 5.35. The van der Waals surface area contributed by atoms with Gasteiger partial charge < -0.3 is 20.5 Å². The van der Waals surface area contributed by atoms with E-state index in [1.54, 1.807) is 18.4 Å². The van der Waals surface area contributed by atoms with E-state index in [-0.39, 0.29) is 0 Å². The number of thiophene rings is 1. The number of aliphatic hydroxyl groups is 1. The molecule has 1 heterocycles. The Morgan fingerprint density at radius 2 is 2.00 bits per heavy atom. The maximum Gasteiger partial charge on any atom is 0.191 e. The summed E-state index contributed by atoms with van der Waals surface area (Å²) in [5, 5.41) is 18.1. The second-order valence-electron chi connectivity index (χ2n) is 6.13. The lowest BCUT2D eigenvalue weighted by Gasteiger charge is -2.14. The van der Waals surface area contributed by atoms with Gasteiger partial charge in [-0.1, -0.05) is 30.3 Å². The minimum Gasteiger partial charge on any atom is -0.497 e. The van der Waals surface area contributed by atoms with E-state index in [1.807, 2.05) is 49.4 Å². The Hall–Kier alpha value is -2.57. The second kappa shape index (κ2) is 9.39. The van der Waals surface area contributed by atoms with E-state index in [0.29, 0.717) is 19.0 Å². The van der Waals surface area contributed by atoms with Crippen molar-refractivity contribution in [1.29, 1.82) is 0 Å². The molecule has 0 saturated carbocycles. The number of nitrogens with zero attached hydrogens (tertiary/aromatic N) is 1. The molecule has 0 aliphatic carbocycles. The number of benzene rings is 2. The lowest BCUT2D eigenvalue weighted by molar-refractivity contribution is 0.184. The SMILES string of the molecule is CCNC(=NCc1cccc(OC)c1)NCC(O)c1cc2ccccc2s1. The van der Waals surface area contributed by atoms with Crippen LogP contribution in [0.25, 0.3) is 10.1 Å². The first-order chi connectivity index (χ1) is 13.2. The number of hydrogen-bond acceptors (Lipinski definition) is 4. The molecule has 0 bridgehead atoms. The Bertz CT molecular complexity index is 874. The Kier molecular flexibility index (Phi) is 6.68. The monoisotopic (exact) mass is 383 g/mol. The molecule has 6 heteroatoms. The molecular formula is C21H25N3O2S. The standard InChI is InChI=1S/C21H25N3O2S/c1-3-22-21(23-13-15-7-6-9-17(11-15)26-2)24-14-18(25)20-12-16-8-4-5-10-19(16)27-20/h4-12,18,25H,3,13-14H2,1-2H3,(H2,22,23,24). The highest BCUT2D eigenvalue weighted by Crippen LogP contribution is 2.29. The van der Waals surface area contributed by atoms with Crippen LogP contribution in [0.15, 0.2) is 59.6 Å². The Balaban J connectivity index is 1.62. The molecule has 2 aromatic carbocycles. The molecule has 3 rings (SSSR count). The number of hydrogen-bond donors (Lipinski definition) is 3. The van der Waals surface area contributed by atoms with Crippen LogP contribution in [-0.4, -0.2) is 31.3 Å². The summed E-state index contributed by atoms with van der Waals surface area (Å²) in [7, 11) is 1.66. The maximum atomic E-state index is 10.5. The van der Waals surface area contributed by atoms with Gasteiger partial charge in [0.05, 0.1) is 13.7 Å². The van der Waals surface area contributed by atoms with Gasteiger partial charge in [0.25, 0.3) is 0 Å². The van der Waals surface area contributed by atoms with Crippen molar-refractivity contribution in [3.8, 4) is 5.75 Å². The van der Waals surface area contributed by atoms with Crippen molar-refractivity contribution in [3.63, 3.8) is 0 Å². The van der Waals surface area contributed by atoms with Gasteiger partial charge in [0.2, 0.25) is 0 Å². The van der Waals surface area contributed by atoms with Gasteiger partial charge in [0.15, 0.2) is 5.96 Å². The molecule has 0 aliphatic rings. The van der Waals surface area contributed by atoms with E-state index >= 15 is 0 Å².